The van der Waals surface area contributed by atoms with Crippen molar-refractivity contribution in [3.8, 4) is 0 Å². The minimum atomic E-state index is -0.534. The average molecular weight is 244 g/mol. The summed E-state index contributed by atoms with van der Waals surface area (Å²) in [4.78, 5) is 13.1. The van der Waals surface area contributed by atoms with E-state index >= 15 is 0 Å². The van der Waals surface area contributed by atoms with E-state index in [1.165, 1.54) is 12.8 Å². The van der Waals surface area contributed by atoms with Gasteiger partial charge in [0.05, 0.1) is 19.3 Å². The summed E-state index contributed by atoms with van der Waals surface area (Å²) in [6.07, 6.45) is 1.98. The maximum Gasteiger partial charge on any atom is 0.236 e. The molecule has 100 valence electrons. The molecule has 1 atom stereocenters. The third-order valence-corrected chi connectivity index (χ3v) is 2.92. The van der Waals surface area contributed by atoms with E-state index in [9.17, 15) is 9.90 Å². The van der Waals surface area contributed by atoms with E-state index < -0.39 is 6.10 Å². The number of rotatable bonds is 9. The molecule has 1 aliphatic carbocycles. The fraction of sp³-hybridized carbons (Fsp3) is 0.917. The van der Waals surface area contributed by atoms with Gasteiger partial charge in [-0.25, -0.2) is 0 Å². The molecule has 2 N–H and O–H groups in total. The molecule has 0 radical (unpaired) electrons. The number of carbonyl (C=O) groups excluding carboxylic acids is 1. The van der Waals surface area contributed by atoms with E-state index in [-0.39, 0.29) is 12.5 Å². The van der Waals surface area contributed by atoms with E-state index in [1.54, 1.807) is 11.9 Å². The summed E-state index contributed by atoms with van der Waals surface area (Å²) >= 11 is 0. The summed E-state index contributed by atoms with van der Waals surface area (Å²) in [7, 11) is 1.76. The SMILES string of the molecule is CCN(C)C(=O)CNCC(O)COCC1CC1. The van der Waals surface area contributed by atoms with Crippen LogP contribution >= 0.6 is 0 Å². The van der Waals surface area contributed by atoms with Crippen LogP contribution in [-0.4, -0.2) is 61.9 Å². The normalized spacial score (nSPS) is 16.9. The largest absolute Gasteiger partial charge is 0.389 e. The molecule has 5 heteroatoms. The number of ether oxygens (including phenoxy) is 1. The van der Waals surface area contributed by atoms with Gasteiger partial charge < -0.3 is 20.1 Å². The van der Waals surface area contributed by atoms with E-state index in [2.05, 4.69) is 5.32 Å². The van der Waals surface area contributed by atoms with Crippen molar-refractivity contribution in [3.63, 3.8) is 0 Å². The first-order valence-electron chi connectivity index (χ1n) is 6.34. The predicted octanol–water partition coefficient (Wildman–Crippen LogP) is -0.158. The van der Waals surface area contributed by atoms with Crippen LogP contribution in [0.3, 0.4) is 0 Å². The van der Waals surface area contributed by atoms with Crippen LogP contribution in [0.2, 0.25) is 0 Å². The van der Waals surface area contributed by atoms with Gasteiger partial charge >= 0.3 is 0 Å². The molecule has 0 spiro atoms. The monoisotopic (exact) mass is 244 g/mol. The first-order chi connectivity index (χ1) is 8.13. The minimum absolute atomic E-state index is 0.0404. The molecule has 0 aliphatic heterocycles. The van der Waals surface area contributed by atoms with Crippen LogP contribution in [0.5, 0.6) is 0 Å². The third kappa shape index (κ3) is 6.61. The lowest BCUT2D eigenvalue weighted by Gasteiger charge is -2.16. The zero-order valence-corrected chi connectivity index (χ0v) is 10.8. The predicted molar refractivity (Wildman–Crippen MR) is 65.7 cm³/mol. The van der Waals surface area contributed by atoms with Crippen LogP contribution in [0.4, 0.5) is 0 Å². The van der Waals surface area contributed by atoms with Crippen LogP contribution in [-0.2, 0) is 9.53 Å². The molecule has 1 rings (SSSR count). The molecule has 1 saturated carbocycles. The molecule has 1 unspecified atom stereocenters. The summed E-state index contributed by atoms with van der Waals surface area (Å²) in [5.74, 6) is 0.758. The Morgan fingerprint density at radius 2 is 2.29 bits per heavy atom. The number of hydrogen-bond donors (Lipinski definition) is 2. The van der Waals surface area contributed by atoms with Gasteiger partial charge in [-0.05, 0) is 25.7 Å². The molecule has 1 amide bonds. The van der Waals surface area contributed by atoms with Crippen LogP contribution in [0.15, 0.2) is 0 Å². The Morgan fingerprint density at radius 1 is 1.59 bits per heavy atom. The number of nitrogens with zero attached hydrogens (tertiary/aromatic N) is 1. The van der Waals surface area contributed by atoms with Crippen molar-refractivity contribution >= 4 is 5.91 Å². The van der Waals surface area contributed by atoms with Crippen LogP contribution in [0.25, 0.3) is 0 Å². The van der Waals surface area contributed by atoms with E-state index in [0.29, 0.717) is 19.7 Å². The minimum Gasteiger partial charge on any atom is -0.389 e. The van der Waals surface area contributed by atoms with Crippen molar-refractivity contribution in [2.75, 3.05) is 39.9 Å². The lowest BCUT2D eigenvalue weighted by molar-refractivity contribution is -0.128. The Labute approximate surface area is 103 Å². The molecule has 0 aromatic carbocycles. The summed E-state index contributed by atoms with van der Waals surface area (Å²) in [5.41, 5.74) is 0. The number of amides is 1. The van der Waals surface area contributed by atoms with Crippen molar-refractivity contribution in [2.24, 2.45) is 5.92 Å². The number of aliphatic hydroxyl groups is 1. The molecule has 0 heterocycles. The second-order valence-electron chi connectivity index (χ2n) is 4.67. The number of likely N-dealkylation sites (N-methyl/N-ethyl adjacent to an activating group) is 1. The van der Waals surface area contributed by atoms with Gasteiger partial charge in [0.2, 0.25) is 5.91 Å². The average Bonchev–Trinajstić information content (AvgIpc) is 3.11. The van der Waals surface area contributed by atoms with E-state index in [1.807, 2.05) is 6.92 Å². The molecule has 0 saturated heterocycles. The number of hydrogen-bond acceptors (Lipinski definition) is 4. The number of aliphatic hydroxyl groups excluding tert-OH is 1. The standard InChI is InChI=1S/C12H24N2O3/c1-3-14(2)12(16)7-13-6-11(15)9-17-8-10-4-5-10/h10-11,13,15H,3-9H2,1-2H3. The summed E-state index contributed by atoms with van der Waals surface area (Å²) in [6, 6.07) is 0. The highest BCUT2D eigenvalue weighted by Crippen LogP contribution is 2.28. The summed E-state index contributed by atoms with van der Waals surface area (Å²) in [5, 5.41) is 12.5. The Bertz CT molecular complexity index is 232. The van der Waals surface area contributed by atoms with Gasteiger partial charge in [0.25, 0.3) is 0 Å². The lowest BCUT2D eigenvalue weighted by Crippen LogP contribution is -2.39. The van der Waals surface area contributed by atoms with Gasteiger partial charge in [-0.3, -0.25) is 4.79 Å². The highest BCUT2D eigenvalue weighted by molar-refractivity contribution is 5.77. The van der Waals surface area contributed by atoms with Gasteiger partial charge in [-0.1, -0.05) is 0 Å². The molecule has 0 aromatic heterocycles. The molecule has 17 heavy (non-hydrogen) atoms. The topological polar surface area (TPSA) is 61.8 Å². The molecular formula is C12H24N2O3. The first kappa shape index (κ1) is 14.4. The van der Waals surface area contributed by atoms with Gasteiger partial charge in [-0.2, -0.15) is 0 Å². The van der Waals surface area contributed by atoms with Gasteiger partial charge in [0.1, 0.15) is 0 Å². The zero-order valence-electron chi connectivity index (χ0n) is 10.8. The van der Waals surface area contributed by atoms with Gasteiger partial charge in [0.15, 0.2) is 0 Å². The molecule has 0 aromatic rings. The molecule has 0 bridgehead atoms. The quantitative estimate of drug-likeness (QED) is 0.592. The van der Waals surface area contributed by atoms with Gasteiger partial charge in [-0.15, -0.1) is 0 Å². The third-order valence-electron chi connectivity index (χ3n) is 2.92. The van der Waals surface area contributed by atoms with Crippen LogP contribution in [0, 0.1) is 5.92 Å². The number of carbonyl (C=O) groups is 1. The fourth-order valence-corrected chi connectivity index (χ4v) is 1.37. The Kier molecular flexibility index (Phi) is 6.47. The molecule has 1 aliphatic rings. The van der Waals surface area contributed by atoms with Crippen molar-refractivity contribution in [1.29, 1.82) is 0 Å². The maximum absolute atomic E-state index is 11.4. The smallest absolute Gasteiger partial charge is 0.236 e. The van der Waals surface area contributed by atoms with Crippen molar-refractivity contribution in [2.45, 2.75) is 25.9 Å². The van der Waals surface area contributed by atoms with Crippen molar-refractivity contribution in [1.82, 2.24) is 10.2 Å². The van der Waals surface area contributed by atoms with Crippen LogP contribution in [0.1, 0.15) is 19.8 Å². The molecule has 5 nitrogen and oxygen atoms in total. The first-order valence-corrected chi connectivity index (χ1v) is 6.34. The second-order valence-corrected chi connectivity index (χ2v) is 4.67. The van der Waals surface area contributed by atoms with Crippen molar-refractivity contribution in [3.05, 3.63) is 0 Å². The Hall–Kier alpha value is -0.650. The molecule has 1 fully saturated rings. The Balaban J connectivity index is 1.94. The van der Waals surface area contributed by atoms with Gasteiger partial charge in [0, 0.05) is 26.7 Å². The van der Waals surface area contributed by atoms with Crippen molar-refractivity contribution < 1.29 is 14.6 Å². The summed E-state index contributed by atoms with van der Waals surface area (Å²) < 4.78 is 5.36. The number of nitrogens with one attached hydrogen (secondary N) is 1. The maximum atomic E-state index is 11.4. The van der Waals surface area contributed by atoms with Crippen LogP contribution < -0.4 is 5.32 Å². The highest BCUT2D eigenvalue weighted by Gasteiger charge is 2.21. The molecular weight excluding hydrogens is 220 g/mol. The highest BCUT2D eigenvalue weighted by atomic mass is 16.5. The van der Waals surface area contributed by atoms with E-state index in [4.69, 9.17) is 4.74 Å². The fourth-order valence-electron chi connectivity index (χ4n) is 1.37. The lowest BCUT2D eigenvalue weighted by atomic mass is 10.3. The Morgan fingerprint density at radius 3 is 2.88 bits per heavy atom. The second kappa shape index (κ2) is 7.63. The summed E-state index contributed by atoms with van der Waals surface area (Å²) in [6.45, 7) is 4.40. The van der Waals surface area contributed by atoms with E-state index in [0.717, 1.165) is 12.5 Å². The zero-order chi connectivity index (χ0) is 12.7.